The van der Waals surface area contributed by atoms with E-state index in [9.17, 15) is 4.79 Å². The highest BCUT2D eigenvalue weighted by Crippen LogP contribution is 2.24. The summed E-state index contributed by atoms with van der Waals surface area (Å²) in [6.07, 6.45) is 0.478. The lowest BCUT2D eigenvalue weighted by Gasteiger charge is -2.26. The number of aryl methyl sites for hydroxylation is 2. The highest BCUT2D eigenvalue weighted by molar-refractivity contribution is 7.80. The predicted octanol–water partition coefficient (Wildman–Crippen LogP) is 3.02. The van der Waals surface area contributed by atoms with E-state index in [1.807, 2.05) is 0 Å². The summed E-state index contributed by atoms with van der Waals surface area (Å²) in [6.45, 7) is 9.19. The van der Waals surface area contributed by atoms with Crippen LogP contribution in [0.4, 0.5) is 0 Å². The zero-order chi connectivity index (χ0) is 13.8. The summed E-state index contributed by atoms with van der Waals surface area (Å²) in [5.74, 6) is 0.664. The molecule has 0 unspecified atom stereocenters. The average Bonchev–Trinajstić information content (AvgIpc) is 2.30. The van der Waals surface area contributed by atoms with E-state index in [0.717, 1.165) is 0 Å². The molecule has 0 radical (unpaired) electrons. The van der Waals surface area contributed by atoms with Crippen LogP contribution in [0, 0.1) is 13.8 Å². The second-order valence-corrected chi connectivity index (χ2v) is 5.88. The minimum absolute atomic E-state index is 0.0509. The summed E-state index contributed by atoms with van der Waals surface area (Å²) in [7, 11) is 0. The zero-order valence-electron chi connectivity index (χ0n) is 11.7. The van der Waals surface area contributed by atoms with Crippen LogP contribution >= 0.6 is 12.6 Å². The summed E-state index contributed by atoms with van der Waals surface area (Å²) in [4.78, 5) is 11.5. The minimum atomic E-state index is -0.0509. The molecular formula is C15H23NOS. The molecule has 0 aromatic heterocycles. The molecule has 100 valence electrons. The van der Waals surface area contributed by atoms with Gasteiger partial charge in [-0.3, -0.25) is 4.79 Å². The Morgan fingerprint density at radius 3 is 2.50 bits per heavy atom. The highest BCUT2D eigenvalue weighted by atomic mass is 32.1. The molecule has 0 saturated carbocycles. The monoisotopic (exact) mass is 265 g/mol. The summed E-state index contributed by atoms with van der Waals surface area (Å²) >= 11 is 4.06. The Morgan fingerprint density at radius 2 is 1.94 bits per heavy atom. The molecule has 1 aromatic carbocycles. The molecular weight excluding hydrogens is 242 g/mol. The van der Waals surface area contributed by atoms with Gasteiger partial charge in [-0.1, -0.05) is 32.0 Å². The largest absolute Gasteiger partial charge is 0.355 e. The van der Waals surface area contributed by atoms with E-state index in [4.69, 9.17) is 0 Å². The summed E-state index contributed by atoms with van der Waals surface area (Å²) in [5, 5.41) is 2.97. The summed E-state index contributed by atoms with van der Waals surface area (Å²) < 4.78 is 0. The molecule has 0 saturated heterocycles. The lowest BCUT2D eigenvalue weighted by atomic mass is 9.83. The van der Waals surface area contributed by atoms with Crippen LogP contribution in [-0.2, 0) is 10.2 Å². The standard InChI is InChI=1S/C15H23NOS/c1-11-5-6-13(9-12(11)2)15(3,4)10-16-14(17)7-8-18/h5-6,9,18H,7-8,10H2,1-4H3,(H,16,17). The van der Waals surface area contributed by atoms with Crippen LogP contribution < -0.4 is 5.32 Å². The van der Waals surface area contributed by atoms with Gasteiger partial charge < -0.3 is 5.32 Å². The number of nitrogens with one attached hydrogen (secondary N) is 1. The van der Waals surface area contributed by atoms with Gasteiger partial charge in [0.05, 0.1) is 0 Å². The van der Waals surface area contributed by atoms with Crippen molar-refractivity contribution in [2.45, 2.75) is 39.5 Å². The van der Waals surface area contributed by atoms with Crippen LogP contribution in [-0.4, -0.2) is 18.2 Å². The van der Waals surface area contributed by atoms with Gasteiger partial charge in [-0.05, 0) is 36.3 Å². The second kappa shape index (κ2) is 6.28. The van der Waals surface area contributed by atoms with Crippen LogP contribution in [0.2, 0.25) is 0 Å². The lowest BCUT2D eigenvalue weighted by Crippen LogP contribution is -2.36. The van der Waals surface area contributed by atoms with Crippen LogP contribution in [0.15, 0.2) is 18.2 Å². The van der Waals surface area contributed by atoms with Crippen molar-refractivity contribution >= 4 is 18.5 Å². The molecule has 18 heavy (non-hydrogen) atoms. The normalized spacial score (nSPS) is 11.4. The number of amides is 1. The number of benzene rings is 1. The van der Waals surface area contributed by atoms with Gasteiger partial charge in [0.25, 0.3) is 0 Å². The quantitative estimate of drug-likeness (QED) is 0.787. The van der Waals surface area contributed by atoms with Gasteiger partial charge in [0.1, 0.15) is 0 Å². The van der Waals surface area contributed by atoms with Crippen molar-refractivity contribution in [2.75, 3.05) is 12.3 Å². The first-order valence-electron chi connectivity index (χ1n) is 6.32. The molecule has 1 rings (SSSR count). The third-order valence-electron chi connectivity index (χ3n) is 3.35. The molecule has 0 aliphatic heterocycles. The fraction of sp³-hybridized carbons (Fsp3) is 0.533. The second-order valence-electron chi connectivity index (χ2n) is 5.43. The van der Waals surface area contributed by atoms with E-state index >= 15 is 0 Å². The third kappa shape index (κ3) is 4.05. The molecule has 1 aromatic rings. The maximum Gasteiger partial charge on any atom is 0.220 e. The topological polar surface area (TPSA) is 29.1 Å². The van der Waals surface area contributed by atoms with Gasteiger partial charge in [-0.15, -0.1) is 0 Å². The minimum Gasteiger partial charge on any atom is -0.355 e. The van der Waals surface area contributed by atoms with E-state index in [1.54, 1.807) is 0 Å². The number of hydrogen-bond acceptors (Lipinski definition) is 2. The molecule has 0 bridgehead atoms. The maximum atomic E-state index is 11.5. The maximum absolute atomic E-state index is 11.5. The average molecular weight is 265 g/mol. The molecule has 1 amide bonds. The zero-order valence-corrected chi connectivity index (χ0v) is 12.6. The van der Waals surface area contributed by atoms with Crippen molar-refractivity contribution in [3.63, 3.8) is 0 Å². The molecule has 3 heteroatoms. The molecule has 0 atom stereocenters. The van der Waals surface area contributed by atoms with Crippen LogP contribution in [0.1, 0.15) is 37.0 Å². The Hall–Kier alpha value is -0.960. The van der Waals surface area contributed by atoms with Crippen molar-refractivity contribution in [1.29, 1.82) is 0 Å². The number of carbonyl (C=O) groups is 1. The smallest absolute Gasteiger partial charge is 0.220 e. The fourth-order valence-corrected chi connectivity index (χ4v) is 1.98. The van der Waals surface area contributed by atoms with Crippen molar-refractivity contribution in [2.24, 2.45) is 0 Å². The van der Waals surface area contributed by atoms with E-state index in [-0.39, 0.29) is 11.3 Å². The SMILES string of the molecule is Cc1ccc(C(C)(C)CNC(=O)CCS)cc1C. The number of rotatable bonds is 5. The Bertz CT molecular complexity index is 427. The van der Waals surface area contributed by atoms with Crippen molar-refractivity contribution in [1.82, 2.24) is 5.32 Å². The van der Waals surface area contributed by atoms with E-state index in [2.05, 4.69) is 63.8 Å². The Kier molecular flexibility index (Phi) is 5.27. The Balaban J connectivity index is 2.73. The lowest BCUT2D eigenvalue weighted by molar-refractivity contribution is -0.120. The number of hydrogen-bond donors (Lipinski definition) is 2. The van der Waals surface area contributed by atoms with Gasteiger partial charge in [-0.2, -0.15) is 12.6 Å². The van der Waals surface area contributed by atoms with Gasteiger partial charge in [0.15, 0.2) is 0 Å². The number of carbonyl (C=O) groups excluding carboxylic acids is 1. The third-order valence-corrected chi connectivity index (χ3v) is 3.58. The first-order chi connectivity index (χ1) is 8.36. The van der Waals surface area contributed by atoms with Crippen LogP contribution in [0.5, 0.6) is 0 Å². The predicted molar refractivity (Wildman–Crippen MR) is 80.4 cm³/mol. The molecule has 1 N–H and O–H groups in total. The summed E-state index contributed by atoms with van der Waals surface area (Å²) in [5.41, 5.74) is 3.80. The fourth-order valence-electron chi connectivity index (χ4n) is 1.77. The molecule has 0 aliphatic carbocycles. The Labute approximate surface area is 116 Å². The molecule has 2 nitrogen and oxygen atoms in total. The van der Waals surface area contributed by atoms with Gasteiger partial charge in [0.2, 0.25) is 5.91 Å². The first-order valence-corrected chi connectivity index (χ1v) is 6.95. The van der Waals surface area contributed by atoms with Crippen molar-refractivity contribution in [3.8, 4) is 0 Å². The first kappa shape index (κ1) is 15.1. The van der Waals surface area contributed by atoms with Crippen LogP contribution in [0.3, 0.4) is 0 Å². The molecule has 0 spiro atoms. The summed E-state index contributed by atoms with van der Waals surface area (Å²) in [6, 6.07) is 6.50. The van der Waals surface area contributed by atoms with Crippen molar-refractivity contribution in [3.05, 3.63) is 34.9 Å². The molecule has 0 heterocycles. The number of thiol groups is 1. The van der Waals surface area contributed by atoms with Gasteiger partial charge in [-0.25, -0.2) is 0 Å². The van der Waals surface area contributed by atoms with E-state index in [1.165, 1.54) is 16.7 Å². The van der Waals surface area contributed by atoms with Gasteiger partial charge in [0, 0.05) is 18.4 Å². The Morgan fingerprint density at radius 1 is 1.28 bits per heavy atom. The van der Waals surface area contributed by atoms with Gasteiger partial charge >= 0.3 is 0 Å². The van der Waals surface area contributed by atoms with E-state index in [0.29, 0.717) is 18.7 Å². The molecule has 0 aliphatic rings. The van der Waals surface area contributed by atoms with Crippen molar-refractivity contribution < 1.29 is 4.79 Å². The van der Waals surface area contributed by atoms with E-state index < -0.39 is 0 Å². The highest BCUT2D eigenvalue weighted by Gasteiger charge is 2.21. The molecule has 0 fully saturated rings. The van der Waals surface area contributed by atoms with Crippen LogP contribution in [0.25, 0.3) is 0 Å².